The van der Waals surface area contributed by atoms with Crippen molar-refractivity contribution in [1.82, 2.24) is 10.2 Å². The Labute approximate surface area is 153 Å². The fourth-order valence-corrected chi connectivity index (χ4v) is 3.87. The number of methoxy groups -OCH3 is 1. The minimum absolute atomic E-state index is 0. The molecule has 2 atom stereocenters. The molecule has 0 unspecified atom stereocenters. The molecule has 7 heteroatoms. The van der Waals surface area contributed by atoms with Crippen LogP contribution in [0.25, 0.3) is 0 Å². The van der Waals surface area contributed by atoms with Crippen molar-refractivity contribution in [2.45, 2.75) is 43.8 Å². The lowest BCUT2D eigenvalue weighted by atomic mass is 9.98. The van der Waals surface area contributed by atoms with Crippen molar-refractivity contribution in [2.24, 2.45) is 0 Å². The third-order valence-electron chi connectivity index (χ3n) is 5.19. The number of rotatable bonds is 4. The van der Waals surface area contributed by atoms with Crippen LogP contribution in [-0.2, 0) is 11.3 Å². The fourth-order valence-electron chi connectivity index (χ4n) is 3.87. The zero-order valence-corrected chi connectivity index (χ0v) is 15.2. The zero-order chi connectivity index (χ0) is 15.3. The van der Waals surface area contributed by atoms with E-state index in [1.54, 1.807) is 12.1 Å². The molecule has 0 spiro atoms. The Kier molecular flexibility index (Phi) is 6.13. The molecule has 1 aromatic rings. The molecule has 4 rings (SSSR count). The first-order valence-corrected chi connectivity index (χ1v) is 8.03. The van der Waals surface area contributed by atoms with Crippen molar-refractivity contribution in [3.8, 4) is 0 Å². The maximum atomic E-state index is 14.3. The quantitative estimate of drug-likeness (QED) is 0.820. The molecule has 2 heterocycles. The summed E-state index contributed by atoms with van der Waals surface area (Å²) in [6, 6.07) is 4.44. The summed E-state index contributed by atoms with van der Waals surface area (Å²) in [5.41, 5.74) is 2.25. The molecule has 134 valence electrons. The van der Waals surface area contributed by atoms with Crippen molar-refractivity contribution in [3.05, 3.63) is 34.6 Å². The first-order chi connectivity index (χ1) is 10.7. The van der Waals surface area contributed by atoms with Crippen LogP contribution in [0.15, 0.2) is 12.1 Å². The molecule has 1 aliphatic carbocycles. The van der Waals surface area contributed by atoms with Crippen LogP contribution in [0.3, 0.4) is 0 Å². The molecular weight excluding hydrogens is 354 g/mol. The number of hydrogen-bond acceptors (Lipinski definition) is 4. The van der Waals surface area contributed by atoms with E-state index in [0.717, 1.165) is 43.6 Å². The Bertz CT molecular complexity index is 625. The van der Waals surface area contributed by atoms with Crippen molar-refractivity contribution in [3.63, 3.8) is 0 Å². The summed E-state index contributed by atoms with van der Waals surface area (Å²) in [5.74, 6) is -0.568. The Hall–Kier alpha value is -0.880. The van der Waals surface area contributed by atoms with Crippen LogP contribution in [0.2, 0.25) is 0 Å². The molecule has 1 aromatic carbocycles. The van der Waals surface area contributed by atoms with Gasteiger partial charge in [0.1, 0.15) is 5.82 Å². The lowest BCUT2D eigenvalue weighted by Gasteiger charge is -2.28. The molecule has 24 heavy (non-hydrogen) atoms. The highest BCUT2D eigenvalue weighted by atomic mass is 35.5. The molecule has 0 amide bonds. The number of esters is 1. The predicted molar refractivity (Wildman–Crippen MR) is 94.8 cm³/mol. The van der Waals surface area contributed by atoms with E-state index in [4.69, 9.17) is 0 Å². The van der Waals surface area contributed by atoms with Gasteiger partial charge in [-0.15, -0.1) is 24.8 Å². The second-order valence-electron chi connectivity index (χ2n) is 6.72. The number of likely N-dealkylation sites (tertiary alicyclic amines) is 1. The van der Waals surface area contributed by atoms with Gasteiger partial charge in [0, 0.05) is 31.7 Å². The minimum atomic E-state index is -0.588. The molecule has 0 radical (unpaired) electrons. The Morgan fingerprint density at radius 1 is 1.38 bits per heavy atom. The number of hydrogen-bond donors (Lipinski definition) is 1. The standard InChI is InChI=1S/C17H21FN2O2.2ClH/c1-22-17(21)15-6-14(10-2-3-10)11(4-16(15)18)8-20-9-12-5-13(20)7-19-12;;/h4,6,10,12-13,19H,2-3,5,7-9H2,1H3;2*1H/t12-,13-;;/m0../s1. The second-order valence-corrected chi connectivity index (χ2v) is 6.72. The number of halogens is 3. The summed E-state index contributed by atoms with van der Waals surface area (Å²) in [6.45, 7) is 2.86. The van der Waals surface area contributed by atoms with Gasteiger partial charge in [-0.1, -0.05) is 0 Å². The van der Waals surface area contributed by atoms with Crippen molar-refractivity contribution < 1.29 is 13.9 Å². The highest BCUT2D eigenvalue weighted by Gasteiger charge is 2.38. The van der Waals surface area contributed by atoms with E-state index in [-0.39, 0.29) is 30.4 Å². The van der Waals surface area contributed by atoms with E-state index >= 15 is 0 Å². The largest absolute Gasteiger partial charge is 0.465 e. The van der Waals surface area contributed by atoms with Crippen LogP contribution in [-0.4, -0.2) is 43.2 Å². The fraction of sp³-hybridized carbons (Fsp3) is 0.588. The van der Waals surface area contributed by atoms with Crippen molar-refractivity contribution in [2.75, 3.05) is 20.2 Å². The van der Waals surface area contributed by atoms with Crippen LogP contribution in [0.1, 0.15) is 46.7 Å². The first-order valence-electron chi connectivity index (χ1n) is 8.03. The highest BCUT2D eigenvalue weighted by Crippen LogP contribution is 2.43. The number of fused-ring (bicyclic) bond motifs is 2. The smallest absolute Gasteiger partial charge is 0.340 e. The molecule has 2 bridgehead atoms. The zero-order valence-electron chi connectivity index (χ0n) is 13.6. The summed E-state index contributed by atoms with van der Waals surface area (Å²) in [4.78, 5) is 14.2. The third kappa shape index (κ3) is 3.54. The number of carbonyl (C=O) groups excluding carboxylic acids is 1. The first kappa shape index (κ1) is 19.4. The SMILES string of the molecule is COC(=O)c1cc(C2CC2)c(CN2C[C@@H]3C[C@H]2CN3)cc1F.Cl.Cl. The molecule has 2 aliphatic heterocycles. The van der Waals surface area contributed by atoms with E-state index < -0.39 is 11.8 Å². The van der Waals surface area contributed by atoms with Gasteiger partial charge in [0.05, 0.1) is 12.7 Å². The summed E-state index contributed by atoms with van der Waals surface area (Å²) in [5, 5.41) is 3.49. The Balaban J connectivity index is 0.00000104. The van der Waals surface area contributed by atoms with E-state index in [2.05, 4.69) is 15.0 Å². The molecule has 0 aromatic heterocycles. The number of carbonyl (C=O) groups is 1. The van der Waals surface area contributed by atoms with Crippen LogP contribution in [0, 0.1) is 5.82 Å². The molecule has 1 saturated carbocycles. The average molecular weight is 377 g/mol. The molecule has 4 nitrogen and oxygen atoms in total. The van der Waals surface area contributed by atoms with Crippen LogP contribution in [0.5, 0.6) is 0 Å². The number of piperazine rings is 1. The van der Waals surface area contributed by atoms with Gasteiger partial charge >= 0.3 is 5.97 Å². The predicted octanol–water partition coefficient (Wildman–Crippen LogP) is 2.88. The summed E-state index contributed by atoms with van der Waals surface area (Å²) >= 11 is 0. The number of nitrogens with zero attached hydrogens (tertiary/aromatic N) is 1. The van der Waals surface area contributed by atoms with Crippen molar-refractivity contribution >= 4 is 30.8 Å². The van der Waals surface area contributed by atoms with Crippen LogP contribution < -0.4 is 5.32 Å². The average Bonchev–Trinajstić information content (AvgIpc) is 3.15. The Morgan fingerprint density at radius 3 is 2.67 bits per heavy atom. The van der Waals surface area contributed by atoms with E-state index in [9.17, 15) is 9.18 Å². The van der Waals surface area contributed by atoms with E-state index in [1.165, 1.54) is 13.5 Å². The summed E-state index contributed by atoms with van der Waals surface area (Å²) < 4.78 is 19.0. The maximum absolute atomic E-state index is 14.3. The van der Waals surface area contributed by atoms with Gasteiger partial charge in [-0.25, -0.2) is 9.18 Å². The summed E-state index contributed by atoms with van der Waals surface area (Å²) in [6.07, 6.45) is 3.46. The van der Waals surface area contributed by atoms with Gasteiger partial charge in [0.15, 0.2) is 0 Å². The minimum Gasteiger partial charge on any atom is -0.465 e. The lowest BCUT2D eigenvalue weighted by Crippen LogP contribution is -2.43. The maximum Gasteiger partial charge on any atom is 0.340 e. The van der Waals surface area contributed by atoms with Crippen LogP contribution in [0.4, 0.5) is 4.39 Å². The topological polar surface area (TPSA) is 41.6 Å². The van der Waals surface area contributed by atoms with Gasteiger partial charge in [-0.05, 0) is 48.4 Å². The van der Waals surface area contributed by atoms with Crippen LogP contribution >= 0.6 is 24.8 Å². The van der Waals surface area contributed by atoms with Crippen molar-refractivity contribution in [1.29, 1.82) is 0 Å². The normalized spacial score (nSPS) is 25.1. The second kappa shape index (κ2) is 7.56. The van der Waals surface area contributed by atoms with Gasteiger partial charge < -0.3 is 10.1 Å². The number of ether oxygens (including phenoxy) is 1. The summed E-state index contributed by atoms with van der Waals surface area (Å²) in [7, 11) is 1.29. The Morgan fingerprint density at radius 2 is 2.12 bits per heavy atom. The monoisotopic (exact) mass is 376 g/mol. The molecule has 2 saturated heterocycles. The van der Waals surface area contributed by atoms with Gasteiger partial charge in [-0.2, -0.15) is 0 Å². The number of nitrogens with one attached hydrogen (secondary N) is 1. The number of benzene rings is 1. The van der Waals surface area contributed by atoms with Gasteiger partial charge in [0.25, 0.3) is 0 Å². The van der Waals surface area contributed by atoms with Gasteiger partial charge in [0.2, 0.25) is 0 Å². The molecular formula is C17H23Cl2FN2O2. The molecule has 3 aliphatic rings. The third-order valence-corrected chi connectivity index (χ3v) is 5.19. The molecule has 1 N–H and O–H groups in total. The molecule has 3 fully saturated rings. The van der Waals surface area contributed by atoms with Gasteiger partial charge in [-0.3, -0.25) is 4.90 Å². The van der Waals surface area contributed by atoms with E-state index in [0.29, 0.717) is 18.0 Å². The highest BCUT2D eigenvalue weighted by molar-refractivity contribution is 5.90. The van der Waals surface area contributed by atoms with E-state index in [1.807, 2.05) is 0 Å². The lowest BCUT2D eigenvalue weighted by molar-refractivity contribution is 0.0595.